The monoisotopic (exact) mass is 578 g/mol. The minimum absolute atomic E-state index is 0.0292. The molecule has 1 amide bonds. The lowest BCUT2D eigenvalue weighted by atomic mass is 10.1. The van der Waals surface area contributed by atoms with E-state index in [-0.39, 0.29) is 42.5 Å². The van der Waals surface area contributed by atoms with Gasteiger partial charge in [-0.2, -0.15) is 9.97 Å². The third-order valence-electron chi connectivity index (χ3n) is 6.37. The Kier molecular flexibility index (Phi) is 10.1. The van der Waals surface area contributed by atoms with Crippen molar-refractivity contribution in [1.29, 1.82) is 0 Å². The molecule has 2 aromatic carbocycles. The molecular formula is C30H28Cl2N4O4. The number of terminal acetylenes is 1. The summed E-state index contributed by atoms with van der Waals surface area (Å²) in [5.74, 6) is -0.115. The SMILES string of the molecule is C#C.O=C(CCc1ccccc1)Nc1nc(Cl)nc2c1ccn2C1CC[C@@H](COC(=O)Cc2ccc(Cl)cc2)O1. The molecule has 1 aliphatic heterocycles. The molecule has 8 nitrogen and oxygen atoms in total. The second kappa shape index (κ2) is 13.9. The number of aromatic nitrogens is 3. The lowest BCUT2D eigenvalue weighted by Gasteiger charge is -2.16. The van der Waals surface area contributed by atoms with E-state index < -0.39 is 0 Å². The van der Waals surface area contributed by atoms with Crippen molar-refractivity contribution in [3.63, 3.8) is 0 Å². The van der Waals surface area contributed by atoms with Crippen LogP contribution in [-0.2, 0) is 31.9 Å². The standard InChI is InChI=1S/C28H26Cl2N4O4.C2H2/c29-20-9-6-19(7-10-20)16-25(36)37-17-21-11-13-24(38-21)34-15-14-22-26(32-28(30)33-27(22)34)31-23(35)12-8-18-4-2-1-3-5-18;1-2/h1-7,9-10,14-15,21,24H,8,11-13,16-17H2,(H,31,32,33,35);1-2H/t21-,24?;/m0./s1. The van der Waals surface area contributed by atoms with Crippen LogP contribution in [-0.4, -0.2) is 39.1 Å². The Morgan fingerprint density at radius 1 is 1.00 bits per heavy atom. The van der Waals surface area contributed by atoms with Crippen LogP contribution in [0.4, 0.5) is 5.82 Å². The zero-order chi connectivity index (χ0) is 28.5. The molecule has 2 aromatic heterocycles. The number of hydrogen-bond acceptors (Lipinski definition) is 6. The first-order valence-electron chi connectivity index (χ1n) is 12.7. The molecule has 5 rings (SSSR count). The van der Waals surface area contributed by atoms with E-state index in [0.717, 1.165) is 17.5 Å². The number of nitrogens with one attached hydrogen (secondary N) is 1. The Labute approximate surface area is 242 Å². The third kappa shape index (κ3) is 7.60. The first kappa shape index (κ1) is 29.1. The Balaban J connectivity index is 0.00000181. The van der Waals surface area contributed by atoms with E-state index in [0.29, 0.717) is 41.1 Å². The van der Waals surface area contributed by atoms with Gasteiger partial charge in [-0.15, -0.1) is 12.8 Å². The van der Waals surface area contributed by atoms with Crippen LogP contribution in [0.25, 0.3) is 11.0 Å². The van der Waals surface area contributed by atoms with Gasteiger partial charge in [0.25, 0.3) is 0 Å². The molecule has 4 aromatic rings. The van der Waals surface area contributed by atoms with E-state index in [4.69, 9.17) is 32.7 Å². The molecule has 0 aliphatic carbocycles. The molecule has 206 valence electrons. The number of hydrogen-bond donors (Lipinski definition) is 1. The van der Waals surface area contributed by atoms with E-state index in [1.54, 1.807) is 24.3 Å². The van der Waals surface area contributed by atoms with Gasteiger partial charge in [-0.1, -0.05) is 54.1 Å². The summed E-state index contributed by atoms with van der Waals surface area (Å²) in [5.41, 5.74) is 2.49. The number of amides is 1. The fraction of sp³-hybridized carbons (Fsp3) is 0.267. The fourth-order valence-electron chi connectivity index (χ4n) is 4.45. The minimum atomic E-state index is -0.321. The number of aryl methyl sites for hydroxylation is 1. The smallest absolute Gasteiger partial charge is 0.310 e. The van der Waals surface area contributed by atoms with Crippen LogP contribution in [0.15, 0.2) is 66.9 Å². The second-order valence-corrected chi connectivity index (χ2v) is 9.89. The van der Waals surface area contributed by atoms with Gasteiger partial charge in [-0.3, -0.25) is 9.59 Å². The summed E-state index contributed by atoms with van der Waals surface area (Å²) in [4.78, 5) is 33.5. The van der Waals surface area contributed by atoms with Crippen LogP contribution in [0.2, 0.25) is 10.3 Å². The average Bonchev–Trinajstić information content (AvgIpc) is 3.61. The molecule has 0 radical (unpaired) electrons. The number of fused-ring (bicyclic) bond motifs is 1. The summed E-state index contributed by atoms with van der Waals surface area (Å²) in [6.45, 7) is 0.167. The highest BCUT2D eigenvalue weighted by Gasteiger charge is 2.29. The normalized spacial score (nSPS) is 16.2. The van der Waals surface area contributed by atoms with Gasteiger partial charge in [0, 0.05) is 17.6 Å². The van der Waals surface area contributed by atoms with Crippen LogP contribution in [0.5, 0.6) is 0 Å². The van der Waals surface area contributed by atoms with E-state index in [1.807, 2.05) is 47.2 Å². The molecule has 1 fully saturated rings. The molecular weight excluding hydrogens is 551 g/mol. The van der Waals surface area contributed by atoms with E-state index in [9.17, 15) is 9.59 Å². The summed E-state index contributed by atoms with van der Waals surface area (Å²) in [5, 5.41) is 4.19. The van der Waals surface area contributed by atoms with Gasteiger partial charge in [0.1, 0.15) is 24.3 Å². The summed E-state index contributed by atoms with van der Waals surface area (Å²) in [6, 6.07) is 18.7. The average molecular weight is 579 g/mol. The van der Waals surface area contributed by atoms with Gasteiger partial charge >= 0.3 is 5.97 Å². The predicted octanol–water partition coefficient (Wildman–Crippen LogP) is 6.02. The van der Waals surface area contributed by atoms with Crippen molar-refractivity contribution >= 4 is 51.9 Å². The van der Waals surface area contributed by atoms with E-state index in [1.165, 1.54) is 0 Å². The van der Waals surface area contributed by atoms with Crippen molar-refractivity contribution in [3.05, 3.63) is 88.3 Å². The van der Waals surface area contributed by atoms with Crippen LogP contribution in [0, 0.1) is 12.8 Å². The molecule has 0 saturated carbocycles. The summed E-state index contributed by atoms with van der Waals surface area (Å²) < 4.78 is 13.5. The second-order valence-electron chi connectivity index (χ2n) is 9.11. The zero-order valence-corrected chi connectivity index (χ0v) is 23.1. The zero-order valence-electron chi connectivity index (χ0n) is 21.6. The minimum Gasteiger partial charge on any atom is -0.463 e. The number of nitrogens with zero attached hydrogens (tertiary/aromatic N) is 3. The number of halogens is 2. The quantitative estimate of drug-likeness (QED) is 0.148. The Morgan fingerprint density at radius 3 is 2.50 bits per heavy atom. The van der Waals surface area contributed by atoms with Crippen LogP contribution >= 0.6 is 23.2 Å². The number of anilines is 1. The first-order valence-corrected chi connectivity index (χ1v) is 13.5. The fourth-order valence-corrected chi connectivity index (χ4v) is 4.74. The molecule has 10 heteroatoms. The van der Waals surface area contributed by atoms with Gasteiger partial charge in [0.2, 0.25) is 11.2 Å². The lowest BCUT2D eigenvalue weighted by molar-refractivity contribution is -0.147. The van der Waals surface area contributed by atoms with Gasteiger partial charge in [-0.25, -0.2) is 0 Å². The number of carbonyl (C=O) groups excluding carboxylic acids is 2. The Morgan fingerprint density at radius 2 is 1.75 bits per heavy atom. The van der Waals surface area contributed by atoms with Crippen molar-refractivity contribution in [3.8, 4) is 12.8 Å². The number of esters is 1. The maximum absolute atomic E-state index is 12.6. The third-order valence-corrected chi connectivity index (χ3v) is 6.79. The molecule has 3 heterocycles. The number of carbonyl (C=O) groups is 2. The number of ether oxygens (including phenoxy) is 2. The van der Waals surface area contributed by atoms with Gasteiger partial charge < -0.3 is 19.4 Å². The number of benzene rings is 2. The van der Waals surface area contributed by atoms with Gasteiger partial charge in [0.15, 0.2) is 0 Å². The highest BCUT2D eigenvalue weighted by atomic mass is 35.5. The maximum Gasteiger partial charge on any atom is 0.310 e. The van der Waals surface area contributed by atoms with Crippen LogP contribution in [0.1, 0.15) is 36.6 Å². The van der Waals surface area contributed by atoms with E-state index in [2.05, 4.69) is 28.1 Å². The highest BCUT2D eigenvalue weighted by molar-refractivity contribution is 6.30. The van der Waals surface area contributed by atoms with Crippen molar-refractivity contribution in [2.24, 2.45) is 0 Å². The highest BCUT2D eigenvalue weighted by Crippen LogP contribution is 2.33. The molecule has 1 aliphatic rings. The van der Waals surface area contributed by atoms with Crippen molar-refractivity contribution in [2.75, 3.05) is 11.9 Å². The van der Waals surface area contributed by atoms with Crippen molar-refractivity contribution in [2.45, 2.75) is 44.4 Å². The summed E-state index contributed by atoms with van der Waals surface area (Å²) >= 11 is 12.1. The molecule has 0 spiro atoms. The summed E-state index contributed by atoms with van der Waals surface area (Å²) in [7, 11) is 0. The molecule has 1 unspecified atom stereocenters. The summed E-state index contributed by atoms with van der Waals surface area (Å²) in [6.07, 6.45) is 11.8. The van der Waals surface area contributed by atoms with Gasteiger partial charge in [0.05, 0.1) is 17.9 Å². The van der Waals surface area contributed by atoms with Crippen molar-refractivity contribution < 1.29 is 19.1 Å². The topological polar surface area (TPSA) is 95.3 Å². The molecule has 1 saturated heterocycles. The maximum atomic E-state index is 12.6. The van der Waals surface area contributed by atoms with Crippen molar-refractivity contribution in [1.82, 2.24) is 14.5 Å². The van der Waals surface area contributed by atoms with E-state index >= 15 is 0 Å². The molecule has 0 bridgehead atoms. The first-order chi connectivity index (χ1) is 19.4. The van der Waals surface area contributed by atoms with Crippen LogP contribution in [0.3, 0.4) is 0 Å². The van der Waals surface area contributed by atoms with Crippen LogP contribution < -0.4 is 5.32 Å². The molecule has 40 heavy (non-hydrogen) atoms. The Hall–Kier alpha value is -3.90. The molecule has 1 N–H and O–H groups in total. The lowest BCUT2D eigenvalue weighted by Crippen LogP contribution is -2.20. The largest absolute Gasteiger partial charge is 0.463 e. The number of rotatable bonds is 9. The van der Waals surface area contributed by atoms with Gasteiger partial charge in [-0.05, 0) is 60.2 Å². The Bertz CT molecular complexity index is 1470. The predicted molar refractivity (Wildman–Crippen MR) is 155 cm³/mol. The molecule has 2 atom stereocenters.